The lowest BCUT2D eigenvalue weighted by atomic mass is 9.71. The van der Waals surface area contributed by atoms with Crippen LogP contribution in [0.1, 0.15) is 68.9 Å². The van der Waals surface area contributed by atoms with Gasteiger partial charge in [-0.15, -0.1) is 0 Å². The van der Waals surface area contributed by atoms with Gasteiger partial charge in [-0.2, -0.15) is 0 Å². The van der Waals surface area contributed by atoms with Crippen molar-refractivity contribution in [1.29, 1.82) is 0 Å². The van der Waals surface area contributed by atoms with Gasteiger partial charge in [0, 0.05) is 6.08 Å². The molecular formula is C30H34O2. The summed E-state index contributed by atoms with van der Waals surface area (Å²) in [5.74, 6) is -0.303. The van der Waals surface area contributed by atoms with Crippen LogP contribution in [0.5, 0.6) is 0 Å². The molecule has 0 bridgehead atoms. The third-order valence-corrected chi connectivity index (χ3v) is 6.01. The quantitative estimate of drug-likeness (QED) is 0.270. The number of allylic oxidation sites excluding steroid dienone is 6. The van der Waals surface area contributed by atoms with Crippen molar-refractivity contribution in [2.75, 3.05) is 6.61 Å². The highest BCUT2D eigenvalue weighted by atomic mass is 16.5. The average molecular weight is 427 g/mol. The fourth-order valence-electron chi connectivity index (χ4n) is 4.04. The zero-order valence-electron chi connectivity index (χ0n) is 20.2. The topological polar surface area (TPSA) is 26.3 Å². The van der Waals surface area contributed by atoms with Gasteiger partial charge < -0.3 is 4.74 Å². The summed E-state index contributed by atoms with van der Waals surface area (Å²) in [7, 11) is 0. The van der Waals surface area contributed by atoms with Crippen molar-refractivity contribution in [2.45, 2.75) is 53.4 Å². The van der Waals surface area contributed by atoms with Gasteiger partial charge in [0.1, 0.15) is 0 Å². The van der Waals surface area contributed by atoms with E-state index in [0.717, 1.165) is 12.0 Å². The minimum absolute atomic E-state index is 0.120. The molecule has 0 radical (unpaired) electrons. The second-order valence-corrected chi connectivity index (χ2v) is 9.18. The molecule has 2 heteroatoms. The number of benzene rings is 2. The number of ether oxygens (including phenoxy) is 1. The molecule has 0 aliphatic heterocycles. The van der Waals surface area contributed by atoms with E-state index in [1.807, 2.05) is 26.0 Å². The molecule has 0 saturated carbocycles. The van der Waals surface area contributed by atoms with Crippen molar-refractivity contribution < 1.29 is 9.53 Å². The molecule has 32 heavy (non-hydrogen) atoms. The molecule has 0 unspecified atom stereocenters. The molecule has 0 heterocycles. The molecule has 1 aliphatic carbocycles. The predicted molar refractivity (Wildman–Crippen MR) is 136 cm³/mol. The maximum absolute atomic E-state index is 11.6. The van der Waals surface area contributed by atoms with Crippen LogP contribution >= 0.6 is 0 Å². The largest absolute Gasteiger partial charge is 0.463 e. The molecule has 3 rings (SSSR count). The van der Waals surface area contributed by atoms with Crippen molar-refractivity contribution in [2.24, 2.45) is 0 Å². The van der Waals surface area contributed by atoms with Gasteiger partial charge in [-0.1, -0.05) is 80.1 Å². The van der Waals surface area contributed by atoms with Crippen molar-refractivity contribution in [3.8, 4) is 0 Å². The van der Waals surface area contributed by atoms with E-state index in [2.05, 4.69) is 82.3 Å². The molecule has 2 aromatic carbocycles. The van der Waals surface area contributed by atoms with Crippen LogP contribution in [-0.2, 0) is 14.9 Å². The van der Waals surface area contributed by atoms with Crippen LogP contribution in [-0.4, -0.2) is 12.6 Å². The fraction of sp³-hybridized carbons (Fsp3) is 0.300. The Balaban J connectivity index is 1.92. The number of rotatable bonds is 6. The van der Waals surface area contributed by atoms with Crippen molar-refractivity contribution in [1.82, 2.24) is 0 Å². The third kappa shape index (κ3) is 5.56. The lowest BCUT2D eigenvalue weighted by Crippen LogP contribution is -2.22. The Bertz CT molecular complexity index is 1110. The molecule has 1 aliphatic rings. The van der Waals surface area contributed by atoms with Crippen LogP contribution in [0.2, 0.25) is 0 Å². The smallest absolute Gasteiger partial charge is 0.330 e. The number of esters is 1. The first-order valence-corrected chi connectivity index (χ1v) is 11.3. The van der Waals surface area contributed by atoms with Gasteiger partial charge in [-0.25, -0.2) is 4.79 Å². The van der Waals surface area contributed by atoms with E-state index in [9.17, 15) is 4.79 Å². The molecule has 166 valence electrons. The summed E-state index contributed by atoms with van der Waals surface area (Å²) in [6.45, 7) is 13.0. The van der Waals surface area contributed by atoms with Crippen LogP contribution in [0, 0.1) is 6.92 Å². The highest BCUT2D eigenvalue weighted by Gasteiger charge is 2.28. The Labute approximate surface area is 193 Å². The van der Waals surface area contributed by atoms with Gasteiger partial charge in [0.05, 0.1) is 6.61 Å². The number of fused-ring (bicyclic) bond motifs is 1. The van der Waals surface area contributed by atoms with Gasteiger partial charge >= 0.3 is 5.97 Å². The molecule has 2 nitrogen and oxygen atoms in total. The van der Waals surface area contributed by atoms with Crippen LogP contribution in [0.25, 0.3) is 11.1 Å². The number of hydrogen-bond acceptors (Lipinski definition) is 2. The zero-order chi connectivity index (χ0) is 23.3. The first-order valence-electron chi connectivity index (χ1n) is 11.3. The van der Waals surface area contributed by atoms with Crippen LogP contribution < -0.4 is 0 Å². The Morgan fingerprint density at radius 3 is 2.50 bits per heavy atom. The maximum Gasteiger partial charge on any atom is 0.330 e. The van der Waals surface area contributed by atoms with E-state index in [1.54, 1.807) is 0 Å². The minimum Gasteiger partial charge on any atom is -0.463 e. The Kier molecular flexibility index (Phi) is 7.35. The summed E-state index contributed by atoms with van der Waals surface area (Å²) >= 11 is 0. The van der Waals surface area contributed by atoms with Crippen LogP contribution in [0.4, 0.5) is 0 Å². The summed E-state index contributed by atoms with van der Waals surface area (Å²) in [5, 5.41) is 0. The minimum atomic E-state index is -0.303. The van der Waals surface area contributed by atoms with E-state index < -0.39 is 0 Å². The van der Waals surface area contributed by atoms with Gasteiger partial charge in [0.2, 0.25) is 0 Å². The van der Waals surface area contributed by atoms with E-state index in [4.69, 9.17) is 4.74 Å². The van der Waals surface area contributed by atoms with Gasteiger partial charge in [0.15, 0.2) is 0 Å². The van der Waals surface area contributed by atoms with E-state index in [1.165, 1.54) is 45.0 Å². The second-order valence-electron chi connectivity index (χ2n) is 9.18. The number of carbonyl (C=O) groups excluding carboxylic acids is 1. The predicted octanol–water partition coefficient (Wildman–Crippen LogP) is 7.58. The summed E-state index contributed by atoms with van der Waals surface area (Å²) in [6, 6.07) is 15.6. The average Bonchev–Trinajstić information content (AvgIpc) is 2.74. The summed E-state index contributed by atoms with van der Waals surface area (Å²) in [6.07, 6.45) is 10.9. The first-order chi connectivity index (χ1) is 15.2. The standard InChI is InChI=1S/C30H34O2/c1-7-32-29(31)19-22(3)9-8-10-23(4)25-15-16-28-27(20-25)26(17-18-30(28,5)6)24-13-11-21(2)12-14-24/h8-17,19-20H,7,18H2,1-6H3. The number of carbonyl (C=O) groups is 1. The summed E-state index contributed by atoms with van der Waals surface area (Å²) in [5.41, 5.74) is 9.95. The first kappa shape index (κ1) is 23.5. The maximum atomic E-state index is 11.6. The molecule has 0 fully saturated rings. The fourth-order valence-corrected chi connectivity index (χ4v) is 4.04. The lowest BCUT2D eigenvalue weighted by molar-refractivity contribution is -0.137. The molecule has 0 spiro atoms. The van der Waals surface area contributed by atoms with Gasteiger partial charge in [-0.05, 0) is 84.6 Å². The summed E-state index contributed by atoms with van der Waals surface area (Å²) < 4.78 is 4.96. The third-order valence-electron chi connectivity index (χ3n) is 6.01. The van der Waals surface area contributed by atoms with Crippen LogP contribution in [0.3, 0.4) is 0 Å². The van der Waals surface area contributed by atoms with Crippen molar-refractivity contribution in [3.63, 3.8) is 0 Å². The van der Waals surface area contributed by atoms with E-state index >= 15 is 0 Å². The van der Waals surface area contributed by atoms with Gasteiger partial charge in [0.25, 0.3) is 0 Å². The second kappa shape index (κ2) is 9.99. The number of hydrogen-bond donors (Lipinski definition) is 0. The highest BCUT2D eigenvalue weighted by Crippen LogP contribution is 2.42. The zero-order valence-corrected chi connectivity index (χ0v) is 20.2. The van der Waals surface area contributed by atoms with Gasteiger partial charge in [-0.3, -0.25) is 0 Å². The normalized spacial score (nSPS) is 16.0. The highest BCUT2D eigenvalue weighted by molar-refractivity contribution is 5.85. The molecule has 0 saturated heterocycles. The molecular weight excluding hydrogens is 392 g/mol. The molecule has 0 N–H and O–H groups in total. The van der Waals surface area contributed by atoms with Crippen molar-refractivity contribution in [3.05, 3.63) is 106 Å². The molecule has 0 amide bonds. The monoisotopic (exact) mass is 426 g/mol. The molecule has 0 atom stereocenters. The van der Waals surface area contributed by atoms with Crippen molar-refractivity contribution >= 4 is 17.1 Å². The lowest BCUT2D eigenvalue weighted by Gasteiger charge is -2.33. The number of aryl methyl sites for hydroxylation is 1. The molecule has 0 aromatic heterocycles. The molecule has 2 aromatic rings. The van der Waals surface area contributed by atoms with E-state index in [0.29, 0.717) is 6.61 Å². The van der Waals surface area contributed by atoms with E-state index in [-0.39, 0.29) is 11.4 Å². The Morgan fingerprint density at radius 2 is 1.81 bits per heavy atom. The van der Waals surface area contributed by atoms with Crippen LogP contribution in [0.15, 0.2) is 78.4 Å². The summed E-state index contributed by atoms with van der Waals surface area (Å²) in [4.78, 5) is 11.6. The SMILES string of the molecule is CCOC(=O)C=C(C)C=CC=C(C)c1ccc2c(c1)C(c1ccc(C)cc1)=CCC2(C)C. The Hall–Kier alpha value is -3.13. The Morgan fingerprint density at radius 1 is 1.09 bits per heavy atom.